The van der Waals surface area contributed by atoms with Crippen molar-refractivity contribution in [3.05, 3.63) is 24.0 Å². The van der Waals surface area contributed by atoms with Crippen molar-refractivity contribution >= 4 is 11.8 Å². The molecule has 0 aromatic heterocycles. The first-order valence-electron chi connectivity index (χ1n) is 7.52. The largest absolute Gasteiger partial charge is 0.426 e. The van der Waals surface area contributed by atoms with E-state index in [0.717, 1.165) is 12.8 Å². The van der Waals surface area contributed by atoms with Crippen LogP contribution in [-0.4, -0.2) is 11.8 Å². The summed E-state index contributed by atoms with van der Waals surface area (Å²) in [5, 5.41) is 0. The minimum absolute atomic E-state index is 0.0810. The van der Waals surface area contributed by atoms with Crippen LogP contribution in [0.25, 0.3) is 0 Å². The third-order valence-corrected chi connectivity index (χ3v) is 5.74. The summed E-state index contributed by atoms with van der Waals surface area (Å²) in [7, 11) is 0. The van der Waals surface area contributed by atoms with Gasteiger partial charge < -0.3 is 4.74 Å². The van der Waals surface area contributed by atoms with Crippen molar-refractivity contribution in [3.8, 4) is 0 Å². The SMILES string of the molecule is C[C@H]1C=CC(OC(=O)[C@]23CC[C@H](CC2=O)C3(C)C)=CC1. The van der Waals surface area contributed by atoms with E-state index in [1.54, 1.807) is 0 Å². The molecular weight excluding hydrogens is 252 g/mol. The highest BCUT2D eigenvalue weighted by atomic mass is 16.5. The molecule has 0 aromatic carbocycles. The Hall–Kier alpha value is -1.38. The molecule has 3 aliphatic rings. The second-order valence-corrected chi connectivity index (χ2v) is 7.06. The average molecular weight is 274 g/mol. The Morgan fingerprint density at radius 3 is 2.65 bits per heavy atom. The van der Waals surface area contributed by atoms with Gasteiger partial charge in [-0.3, -0.25) is 9.59 Å². The molecule has 2 bridgehead atoms. The summed E-state index contributed by atoms with van der Waals surface area (Å²) in [6.45, 7) is 6.21. The first-order valence-corrected chi connectivity index (χ1v) is 7.52. The van der Waals surface area contributed by atoms with Gasteiger partial charge in [-0.1, -0.05) is 26.8 Å². The molecule has 20 heavy (non-hydrogen) atoms. The van der Waals surface area contributed by atoms with Gasteiger partial charge >= 0.3 is 5.97 Å². The summed E-state index contributed by atoms with van der Waals surface area (Å²) >= 11 is 0. The molecule has 0 radical (unpaired) electrons. The van der Waals surface area contributed by atoms with Gasteiger partial charge in [0.15, 0.2) is 5.78 Å². The highest BCUT2D eigenvalue weighted by Gasteiger charge is 2.69. The molecule has 3 rings (SSSR count). The van der Waals surface area contributed by atoms with Crippen LogP contribution in [0.3, 0.4) is 0 Å². The molecule has 0 aromatic rings. The molecule has 2 fully saturated rings. The Labute approximate surface area is 120 Å². The number of hydrogen-bond donors (Lipinski definition) is 0. The molecular formula is C17H22O3. The van der Waals surface area contributed by atoms with Crippen LogP contribution < -0.4 is 0 Å². The van der Waals surface area contributed by atoms with Gasteiger partial charge in [0.25, 0.3) is 0 Å². The molecule has 108 valence electrons. The molecule has 3 aliphatic carbocycles. The van der Waals surface area contributed by atoms with Crippen LogP contribution in [0.1, 0.15) is 46.5 Å². The van der Waals surface area contributed by atoms with Crippen molar-refractivity contribution in [2.45, 2.75) is 46.5 Å². The van der Waals surface area contributed by atoms with Gasteiger partial charge in [-0.25, -0.2) is 0 Å². The van der Waals surface area contributed by atoms with Gasteiger partial charge in [0, 0.05) is 6.42 Å². The molecule has 3 atom stereocenters. The zero-order valence-electron chi connectivity index (χ0n) is 12.4. The molecule has 0 spiro atoms. The summed E-state index contributed by atoms with van der Waals surface area (Å²) in [5.74, 6) is 1.16. The lowest BCUT2D eigenvalue weighted by molar-refractivity contribution is -0.160. The second-order valence-electron chi connectivity index (χ2n) is 7.06. The standard InChI is InChI=1S/C17H22O3/c1-11-4-6-13(7-5-11)20-15(19)17-9-8-12(10-14(17)18)16(17,2)3/h4,6-7,11-12H,5,8-10H2,1-3H3/t11-,12+,17-/m0/s1. The van der Waals surface area contributed by atoms with E-state index in [0.29, 0.717) is 30.4 Å². The fourth-order valence-electron chi connectivity index (χ4n) is 4.13. The number of ether oxygens (including phenoxy) is 1. The van der Waals surface area contributed by atoms with E-state index < -0.39 is 5.41 Å². The lowest BCUT2D eigenvalue weighted by atomic mass is 9.69. The highest BCUT2D eigenvalue weighted by Crippen LogP contribution is 2.64. The van der Waals surface area contributed by atoms with Crippen molar-refractivity contribution in [2.75, 3.05) is 0 Å². The van der Waals surface area contributed by atoms with E-state index in [9.17, 15) is 9.59 Å². The van der Waals surface area contributed by atoms with E-state index in [2.05, 4.69) is 6.92 Å². The first kappa shape index (κ1) is 13.6. The Balaban J connectivity index is 1.84. The number of hydrogen-bond acceptors (Lipinski definition) is 3. The van der Waals surface area contributed by atoms with E-state index in [1.807, 2.05) is 32.1 Å². The van der Waals surface area contributed by atoms with Gasteiger partial charge in [-0.15, -0.1) is 0 Å². The number of fused-ring (bicyclic) bond motifs is 2. The molecule has 3 nitrogen and oxygen atoms in total. The molecule has 0 heterocycles. The lowest BCUT2D eigenvalue weighted by Crippen LogP contribution is -2.44. The molecule has 2 saturated carbocycles. The fourth-order valence-corrected chi connectivity index (χ4v) is 4.13. The van der Waals surface area contributed by atoms with Crippen molar-refractivity contribution in [3.63, 3.8) is 0 Å². The number of carbonyl (C=O) groups is 2. The summed E-state index contributed by atoms with van der Waals surface area (Å²) in [6.07, 6.45) is 8.86. The third kappa shape index (κ3) is 1.65. The van der Waals surface area contributed by atoms with Gasteiger partial charge in [-0.2, -0.15) is 0 Å². The Morgan fingerprint density at radius 1 is 1.40 bits per heavy atom. The Morgan fingerprint density at radius 2 is 2.15 bits per heavy atom. The van der Waals surface area contributed by atoms with E-state index in [-0.39, 0.29) is 17.2 Å². The maximum atomic E-state index is 12.7. The first-order chi connectivity index (χ1) is 9.38. The van der Waals surface area contributed by atoms with Gasteiger partial charge in [0.1, 0.15) is 11.2 Å². The summed E-state index contributed by atoms with van der Waals surface area (Å²) in [5.41, 5.74) is -1.18. The van der Waals surface area contributed by atoms with Gasteiger partial charge in [0.05, 0.1) is 0 Å². The van der Waals surface area contributed by atoms with Crippen LogP contribution in [0.4, 0.5) is 0 Å². The minimum Gasteiger partial charge on any atom is -0.426 e. The molecule has 0 amide bonds. The summed E-state index contributed by atoms with van der Waals surface area (Å²) in [6, 6.07) is 0. The summed E-state index contributed by atoms with van der Waals surface area (Å²) < 4.78 is 5.57. The number of rotatable bonds is 2. The van der Waals surface area contributed by atoms with Crippen LogP contribution >= 0.6 is 0 Å². The topological polar surface area (TPSA) is 43.4 Å². The molecule has 3 heteroatoms. The smallest absolute Gasteiger partial charge is 0.325 e. The zero-order valence-corrected chi connectivity index (χ0v) is 12.4. The number of carbonyl (C=O) groups excluding carboxylic acids is 2. The monoisotopic (exact) mass is 274 g/mol. The quantitative estimate of drug-likeness (QED) is 0.572. The lowest BCUT2D eigenvalue weighted by Gasteiger charge is -2.34. The van der Waals surface area contributed by atoms with Crippen molar-refractivity contribution in [1.82, 2.24) is 0 Å². The predicted molar refractivity (Wildman–Crippen MR) is 75.7 cm³/mol. The molecule has 0 saturated heterocycles. The van der Waals surface area contributed by atoms with Crippen molar-refractivity contribution in [1.29, 1.82) is 0 Å². The van der Waals surface area contributed by atoms with Crippen LogP contribution in [0.5, 0.6) is 0 Å². The van der Waals surface area contributed by atoms with Gasteiger partial charge in [0.2, 0.25) is 0 Å². The van der Waals surface area contributed by atoms with Crippen LogP contribution in [0.15, 0.2) is 24.0 Å². The van der Waals surface area contributed by atoms with E-state index >= 15 is 0 Å². The highest BCUT2D eigenvalue weighted by molar-refractivity contribution is 6.07. The normalized spacial score (nSPS) is 38.0. The Bertz CT molecular complexity index is 526. The van der Waals surface area contributed by atoms with Gasteiger partial charge in [-0.05, 0) is 48.7 Å². The van der Waals surface area contributed by atoms with E-state index in [4.69, 9.17) is 4.74 Å². The van der Waals surface area contributed by atoms with Crippen LogP contribution in [0, 0.1) is 22.7 Å². The minimum atomic E-state index is -0.907. The molecule has 0 unspecified atom stereocenters. The molecule has 0 N–H and O–H groups in total. The number of allylic oxidation sites excluding steroid dienone is 3. The second kappa shape index (κ2) is 4.31. The van der Waals surface area contributed by atoms with Crippen molar-refractivity contribution < 1.29 is 14.3 Å². The molecule has 0 aliphatic heterocycles. The fraction of sp³-hybridized carbons (Fsp3) is 0.647. The van der Waals surface area contributed by atoms with E-state index in [1.165, 1.54) is 0 Å². The van der Waals surface area contributed by atoms with Crippen molar-refractivity contribution in [2.24, 2.45) is 22.7 Å². The zero-order chi connectivity index (χ0) is 14.5. The number of esters is 1. The average Bonchev–Trinajstić information content (AvgIpc) is 2.76. The maximum Gasteiger partial charge on any atom is 0.325 e. The maximum absolute atomic E-state index is 12.7. The third-order valence-electron chi connectivity index (χ3n) is 5.74. The Kier molecular flexibility index (Phi) is 2.93. The number of Topliss-reactive ketones (excluding diaryl/α,β-unsaturated/α-hetero) is 1. The predicted octanol–water partition coefficient (Wildman–Crippen LogP) is 3.40. The number of ketones is 1. The van der Waals surface area contributed by atoms with Crippen LogP contribution in [0.2, 0.25) is 0 Å². The van der Waals surface area contributed by atoms with Crippen LogP contribution in [-0.2, 0) is 14.3 Å². The summed E-state index contributed by atoms with van der Waals surface area (Å²) in [4.78, 5) is 25.1.